The molecule has 4 atom stereocenters. The standard InChI is InChI=1S/C13H23NO2/c1-13(8-14,12(15)16-2)7-11-6-9-3-4-10(11)5-9/h9-11H,3-8,14H2,1-2H3. The molecule has 2 bridgehead atoms. The summed E-state index contributed by atoms with van der Waals surface area (Å²) < 4.78 is 4.88. The highest BCUT2D eigenvalue weighted by molar-refractivity contribution is 5.76. The minimum atomic E-state index is -0.468. The first-order chi connectivity index (χ1) is 7.59. The van der Waals surface area contributed by atoms with Crippen LogP contribution in [0.15, 0.2) is 0 Å². The molecule has 2 aliphatic rings. The van der Waals surface area contributed by atoms with Gasteiger partial charge in [-0.2, -0.15) is 0 Å². The Balaban J connectivity index is 1.99. The maximum Gasteiger partial charge on any atom is 0.312 e. The molecule has 0 aliphatic heterocycles. The van der Waals surface area contributed by atoms with Crippen LogP contribution in [0.4, 0.5) is 0 Å². The molecule has 92 valence electrons. The van der Waals surface area contributed by atoms with E-state index in [1.165, 1.54) is 32.8 Å². The van der Waals surface area contributed by atoms with Crippen molar-refractivity contribution in [1.82, 2.24) is 0 Å². The second-order valence-electron chi connectivity index (χ2n) is 5.90. The van der Waals surface area contributed by atoms with Crippen LogP contribution >= 0.6 is 0 Å². The van der Waals surface area contributed by atoms with Gasteiger partial charge < -0.3 is 10.5 Å². The van der Waals surface area contributed by atoms with Gasteiger partial charge >= 0.3 is 5.97 Å². The molecule has 0 radical (unpaired) electrons. The van der Waals surface area contributed by atoms with Crippen LogP contribution in [-0.4, -0.2) is 19.6 Å². The molecule has 2 fully saturated rings. The highest BCUT2D eigenvalue weighted by Gasteiger charge is 2.44. The minimum absolute atomic E-state index is 0.141. The summed E-state index contributed by atoms with van der Waals surface area (Å²) in [5.41, 5.74) is 5.29. The Bertz CT molecular complexity index is 279. The van der Waals surface area contributed by atoms with Crippen molar-refractivity contribution in [3.8, 4) is 0 Å². The van der Waals surface area contributed by atoms with E-state index in [4.69, 9.17) is 10.5 Å². The van der Waals surface area contributed by atoms with Gasteiger partial charge in [0.25, 0.3) is 0 Å². The molecule has 0 aromatic rings. The van der Waals surface area contributed by atoms with Crippen LogP contribution in [0.1, 0.15) is 39.0 Å². The molecule has 2 aliphatic carbocycles. The van der Waals surface area contributed by atoms with E-state index in [2.05, 4.69) is 0 Å². The van der Waals surface area contributed by atoms with Crippen molar-refractivity contribution in [3.63, 3.8) is 0 Å². The zero-order chi connectivity index (χ0) is 11.8. The largest absolute Gasteiger partial charge is 0.469 e. The summed E-state index contributed by atoms with van der Waals surface area (Å²) in [6.45, 7) is 2.35. The number of carbonyl (C=O) groups is 1. The third-order valence-electron chi connectivity index (χ3n) is 4.73. The van der Waals surface area contributed by atoms with Crippen LogP contribution in [0.3, 0.4) is 0 Å². The number of hydrogen-bond donors (Lipinski definition) is 1. The molecule has 0 heterocycles. The number of methoxy groups -OCH3 is 1. The van der Waals surface area contributed by atoms with E-state index in [-0.39, 0.29) is 5.97 Å². The van der Waals surface area contributed by atoms with Crippen molar-refractivity contribution in [1.29, 1.82) is 0 Å². The third-order valence-corrected chi connectivity index (χ3v) is 4.73. The van der Waals surface area contributed by atoms with E-state index < -0.39 is 5.41 Å². The SMILES string of the molecule is COC(=O)C(C)(CN)CC1CC2CCC1C2. The molecule has 16 heavy (non-hydrogen) atoms. The van der Waals surface area contributed by atoms with Crippen molar-refractivity contribution in [2.24, 2.45) is 28.9 Å². The van der Waals surface area contributed by atoms with Gasteiger partial charge in [0.2, 0.25) is 0 Å². The zero-order valence-corrected chi connectivity index (χ0v) is 10.4. The Labute approximate surface area is 97.7 Å². The summed E-state index contributed by atoms with van der Waals surface area (Å²) in [5.74, 6) is 2.33. The number of ether oxygens (including phenoxy) is 1. The summed E-state index contributed by atoms with van der Waals surface area (Å²) in [7, 11) is 1.46. The Kier molecular flexibility index (Phi) is 3.24. The highest BCUT2D eigenvalue weighted by atomic mass is 16.5. The lowest BCUT2D eigenvalue weighted by molar-refractivity contribution is -0.152. The van der Waals surface area contributed by atoms with Gasteiger partial charge in [-0.3, -0.25) is 4.79 Å². The number of esters is 1. The first-order valence-electron chi connectivity index (χ1n) is 6.37. The molecule has 3 nitrogen and oxygen atoms in total. The second kappa shape index (κ2) is 4.36. The minimum Gasteiger partial charge on any atom is -0.469 e. The number of carbonyl (C=O) groups excluding carboxylic acids is 1. The second-order valence-corrected chi connectivity index (χ2v) is 5.90. The summed E-state index contributed by atoms with van der Waals surface area (Å²) in [6, 6.07) is 0. The highest BCUT2D eigenvalue weighted by Crippen LogP contribution is 2.51. The van der Waals surface area contributed by atoms with Crippen molar-refractivity contribution >= 4 is 5.97 Å². The number of rotatable bonds is 4. The van der Waals surface area contributed by atoms with Crippen LogP contribution in [0.25, 0.3) is 0 Å². The number of nitrogens with two attached hydrogens (primary N) is 1. The average Bonchev–Trinajstić information content (AvgIpc) is 2.89. The van der Waals surface area contributed by atoms with Gasteiger partial charge in [0.15, 0.2) is 0 Å². The Morgan fingerprint density at radius 1 is 1.44 bits per heavy atom. The van der Waals surface area contributed by atoms with Crippen LogP contribution < -0.4 is 5.73 Å². The van der Waals surface area contributed by atoms with E-state index in [0.717, 1.165) is 18.3 Å². The fourth-order valence-electron chi connectivity index (χ4n) is 3.70. The van der Waals surface area contributed by atoms with Gasteiger partial charge in [0, 0.05) is 6.54 Å². The van der Waals surface area contributed by atoms with Gasteiger partial charge in [0.1, 0.15) is 0 Å². The first-order valence-corrected chi connectivity index (χ1v) is 6.37. The monoisotopic (exact) mass is 225 g/mol. The van der Waals surface area contributed by atoms with E-state index in [0.29, 0.717) is 12.5 Å². The maximum atomic E-state index is 11.8. The smallest absolute Gasteiger partial charge is 0.312 e. The summed E-state index contributed by atoms with van der Waals surface area (Å²) in [4.78, 5) is 11.8. The average molecular weight is 225 g/mol. The fraction of sp³-hybridized carbons (Fsp3) is 0.923. The lowest BCUT2D eigenvalue weighted by Gasteiger charge is -2.31. The molecular formula is C13H23NO2. The molecule has 2 N–H and O–H groups in total. The fourth-order valence-corrected chi connectivity index (χ4v) is 3.70. The lowest BCUT2D eigenvalue weighted by Crippen LogP contribution is -2.39. The summed E-state index contributed by atoms with van der Waals surface area (Å²) >= 11 is 0. The normalized spacial score (nSPS) is 36.1. The Morgan fingerprint density at radius 2 is 2.19 bits per heavy atom. The number of hydrogen-bond acceptors (Lipinski definition) is 3. The molecule has 0 aromatic heterocycles. The molecule has 3 heteroatoms. The van der Waals surface area contributed by atoms with E-state index in [1.54, 1.807) is 0 Å². The predicted octanol–water partition coefficient (Wildman–Crippen LogP) is 1.95. The maximum absolute atomic E-state index is 11.8. The lowest BCUT2D eigenvalue weighted by atomic mass is 9.75. The number of fused-ring (bicyclic) bond motifs is 2. The van der Waals surface area contributed by atoms with Crippen LogP contribution in [0.2, 0.25) is 0 Å². The molecule has 4 unspecified atom stereocenters. The Morgan fingerprint density at radius 3 is 2.62 bits per heavy atom. The zero-order valence-electron chi connectivity index (χ0n) is 10.4. The van der Waals surface area contributed by atoms with Gasteiger partial charge in [-0.25, -0.2) is 0 Å². The summed E-state index contributed by atoms with van der Waals surface area (Å²) in [5, 5.41) is 0. The van der Waals surface area contributed by atoms with E-state index in [9.17, 15) is 4.79 Å². The Hall–Kier alpha value is -0.570. The van der Waals surface area contributed by atoms with E-state index in [1.807, 2.05) is 6.92 Å². The molecule has 0 aromatic carbocycles. The summed E-state index contributed by atoms with van der Waals surface area (Å²) in [6.07, 6.45) is 6.36. The van der Waals surface area contributed by atoms with E-state index >= 15 is 0 Å². The molecule has 0 spiro atoms. The topological polar surface area (TPSA) is 52.3 Å². The molecule has 0 amide bonds. The van der Waals surface area contributed by atoms with Crippen LogP contribution in [0.5, 0.6) is 0 Å². The predicted molar refractivity (Wildman–Crippen MR) is 62.7 cm³/mol. The molecular weight excluding hydrogens is 202 g/mol. The van der Waals surface area contributed by atoms with Crippen molar-refractivity contribution in [2.75, 3.05) is 13.7 Å². The van der Waals surface area contributed by atoms with Gasteiger partial charge in [-0.05, 0) is 50.4 Å². The van der Waals surface area contributed by atoms with Crippen molar-refractivity contribution < 1.29 is 9.53 Å². The molecule has 2 saturated carbocycles. The molecule has 2 rings (SSSR count). The quantitative estimate of drug-likeness (QED) is 0.744. The van der Waals surface area contributed by atoms with Crippen LogP contribution in [-0.2, 0) is 9.53 Å². The molecule has 0 saturated heterocycles. The van der Waals surface area contributed by atoms with Gasteiger partial charge in [-0.1, -0.05) is 6.42 Å². The third kappa shape index (κ3) is 1.97. The van der Waals surface area contributed by atoms with Crippen molar-refractivity contribution in [3.05, 3.63) is 0 Å². The first kappa shape index (κ1) is 11.9. The van der Waals surface area contributed by atoms with Crippen LogP contribution in [0, 0.1) is 23.2 Å². The van der Waals surface area contributed by atoms with Crippen molar-refractivity contribution in [2.45, 2.75) is 39.0 Å². The van der Waals surface area contributed by atoms with Gasteiger partial charge in [0.05, 0.1) is 12.5 Å². The van der Waals surface area contributed by atoms with Gasteiger partial charge in [-0.15, -0.1) is 0 Å².